The highest BCUT2D eigenvalue weighted by atomic mass is 31.2. The molecule has 0 radical (unpaired) electrons. The highest BCUT2D eigenvalue weighted by Crippen LogP contribution is 2.43. The van der Waals surface area contributed by atoms with Gasteiger partial charge in [0.05, 0.1) is 19.8 Å². The first-order valence-corrected chi connectivity index (χ1v) is 27.0. The highest BCUT2D eigenvalue weighted by molar-refractivity contribution is 7.47. The molecule has 0 saturated heterocycles. The van der Waals surface area contributed by atoms with E-state index in [9.17, 15) is 19.0 Å². The zero-order chi connectivity index (χ0) is 45.5. The number of carboxylic acids is 1. The zero-order valence-electron chi connectivity index (χ0n) is 40.0. The van der Waals surface area contributed by atoms with Crippen LogP contribution in [-0.2, 0) is 32.7 Å². The van der Waals surface area contributed by atoms with Gasteiger partial charge in [-0.3, -0.25) is 18.6 Å². The normalized spacial score (nSPS) is 14.0. The molecule has 4 N–H and O–H groups in total. The van der Waals surface area contributed by atoms with E-state index in [4.69, 9.17) is 29.4 Å². The second-order valence-corrected chi connectivity index (χ2v) is 18.8. The molecule has 0 aromatic heterocycles. The van der Waals surface area contributed by atoms with Crippen LogP contribution in [0.15, 0.2) is 36.5 Å². The first-order valence-electron chi connectivity index (χ1n) is 25.5. The van der Waals surface area contributed by atoms with E-state index in [2.05, 4.69) is 50.3 Å². The van der Waals surface area contributed by atoms with Crippen LogP contribution < -0.4 is 5.73 Å². The van der Waals surface area contributed by atoms with Gasteiger partial charge in [0.25, 0.3) is 0 Å². The minimum Gasteiger partial charge on any atom is -0.480 e. The molecule has 0 aliphatic heterocycles. The summed E-state index contributed by atoms with van der Waals surface area (Å²) < 4.78 is 33.5. The van der Waals surface area contributed by atoms with E-state index in [1.807, 2.05) is 0 Å². The lowest BCUT2D eigenvalue weighted by Gasteiger charge is -2.20. The van der Waals surface area contributed by atoms with E-state index < -0.39 is 45.1 Å². The van der Waals surface area contributed by atoms with Gasteiger partial charge >= 0.3 is 19.8 Å². The molecule has 0 aliphatic rings. The number of hydrogen-bond acceptors (Lipinski definition) is 8. The van der Waals surface area contributed by atoms with Crippen LogP contribution in [-0.4, -0.2) is 60.5 Å². The molecule has 0 fully saturated rings. The number of allylic oxidation sites excluding steroid dienone is 6. The Hall–Kier alpha value is -1.81. The number of aliphatic carboxylic acids is 1. The van der Waals surface area contributed by atoms with Gasteiger partial charge in [0.15, 0.2) is 0 Å². The van der Waals surface area contributed by atoms with Gasteiger partial charge in [-0.15, -0.1) is 0 Å². The minimum absolute atomic E-state index is 0.0172. The molecule has 0 saturated carbocycles. The summed E-state index contributed by atoms with van der Waals surface area (Å²) >= 11 is 0. The maximum atomic E-state index is 12.7. The van der Waals surface area contributed by atoms with Gasteiger partial charge in [-0.05, 0) is 51.4 Å². The molecule has 3 atom stereocenters. The number of ether oxygens (including phenoxy) is 2. The Balaban J connectivity index is 4.14. The van der Waals surface area contributed by atoms with Gasteiger partial charge in [0, 0.05) is 13.0 Å². The third-order valence-electron chi connectivity index (χ3n) is 11.2. The van der Waals surface area contributed by atoms with Crippen LogP contribution in [0.5, 0.6) is 0 Å². The topological polar surface area (TPSA) is 155 Å². The summed E-state index contributed by atoms with van der Waals surface area (Å²) in [4.78, 5) is 33.7. The fourth-order valence-electron chi connectivity index (χ4n) is 7.20. The fourth-order valence-corrected chi connectivity index (χ4v) is 7.98. The van der Waals surface area contributed by atoms with Crippen LogP contribution in [0.2, 0.25) is 0 Å². The Morgan fingerprint density at radius 3 is 1.32 bits per heavy atom. The number of nitrogens with two attached hydrogens (primary N) is 1. The Bertz CT molecular complexity index is 1130. The molecule has 11 heteroatoms. The first-order chi connectivity index (χ1) is 30.2. The van der Waals surface area contributed by atoms with Gasteiger partial charge in [-0.1, -0.05) is 217 Å². The van der Waals surface area contributed by atoms with Gasteiger partial charge in [-0.25, -0.2) is 4.57 Å². The Morgan fingerprint density at radius 1 is 0.516 bits per heavy atom. The Morgan fingerprint density at radius 2 is 0.887 bits per heavy atom. The maximum Gasteiger partial charge on any atom is 0.472 e. The lowest BCUT2D eigenvalue weighted by Crippen LogP contribution is -2.34. The Labute approximate surface area is 380 Å². The average molecular weight is 898 g/mol. The molecular weight excluding hydrogens is 802 g/mol. The first kappa shape index (κ1) is 60.2. The van der Waals surface area contributed by atoms with Crippen molar-refractivity contribution in [1.82, 2.24) is 0 Å². The van der Waals surface area contributed by atoms with Crippen LogP contribution in [0.1, 0.15) is 239 Å². The van der Waals surface area contributed by atoms with Crippen molar-refractivity contribution in [1.29, 1.82) is 0 Å². The van der Waals surface area contributed by atoms with Crippen molar-refractivity contribution in [2.75, 3.05) is 26.4 Å². The third-order valence-corrected chi connectivity index (χ3v) is 12.1. The average Bonchev–Trinajstić information content (AvgIpc) is 3.25. The largest absolute Gasteiger partial charge is 0.480 e. The summed E-state index contributed by atoms with van der Waals surface area (Å²) in [5.41, 5.74) is 5.37. The second kappa shape index (κ2) is 47.2. The van der Waals surface area contributed by atoms with Gasteiger partial charge in [-0.2, -0.15) is 0 Å². The van der Waals surface area contributed by atoms with Crippen molar-refractivity contribution >= 4 is 19.8 Å². The van der Waals surface area contributed by atoms with Gasteiger partial charge in [0.1, 0.15) is 12.1 Å². The summed E-state index contributed by atoms with van der Waals surface area (Å²) in [5, 5.41) is 8.92. The quantitative estimate of drug-likeness (QED) is 0.0233. The summed E-state index contributed by atoms with van der Waals surface area (Å²) in [7, 11) is -4.62. The SMILES string of the molecule is CCCCCCC/C=C\C/C=C\C/C=C\CCCCCCCCCCC(=O)OC(COCCCCCCCCCCCCCCCCCCC)COP(=O)(O)OCC(N)C(=O)O. The number of rotatable bonds is 49. The number of hydrogen-bond donors (Lipinski definition) is 3. The van der Waals surface area contributed by atoms with E-state index in [1.54, 1.807) is 0 Å². The molecule has 62 heavy (non-hydrogen) atoms. The molecule has 0 rings (SSSR count). The van der Waals surface area contributed by atoms with Crippen LogP contribution in [0, 0.1) is 0 Å². The van der Waals surface area contributed by atoms with Crippen molar-refractivity contribution in [3.05, 3.63) is 36.5 Å². The third kappa shape index (κ3) is 46.2. The Kier molecular flexibility index (Phi) is 45.8. The van der Waals surface area contributed by atoms with Crippen molar-refractivity contribution in [2.45, 2.75) is 251 Å². The van der Waals surface area contributed by atoms with Crippen LogP contribution in [0.4, 0.5) is 0 Å². The number of unbranched alkanes of at least 4 members (excludes halogenated alkanes) is 29. The summed E-state index contributed by atoms with van der Waals surface area (Å²) in [6.07, 6.45) is 54.8. The van der Waals surface area contributed by atoms with Crippen molar-refractivity contribution < 1.29 is 42.7 Å². The van der Waals surface area contributed by atoms with E-state index >= 15 is 0 Å². The summed E-state index contributed by atoms with van der Waals surface area (Å²) in [6, 6.07) is -1.47. The number of esters is 1. The molecule has 0 amide bonds. The number of carboxylic acid groups (broad SMARTS) is 1. The summed E-state index contributed by atoms with van der Waals surface area (Å²) in [5.74, 6) is -1.78. The molecule has 0 bridgehead atoms. The van der Waals surface area contributed by atoms with E-state index in [0.29, 0.717) is 13.0 Å². The molecule has 0 aromatic carbocycles. The highest BCUT2D eigenvalue weighted by Gasteiger charge is 2.27. The molecule has 0 aromatic rings. The van der Waals surface area contributed by atoms with Crippen LogP contribution in [0.3, 0.4) is 0 Å². The van der Waals surface area contributed by atoms with E-state index in [0.717, 1.165) is 57.8 Å². The molecule has 0 heterocycles. The van der Waals surface area contributed by atoms with Crippen molar-refractivity contribution in [3.63, 3.8) is 0 Å². The molecule has 0 aliphatic carbocycles. The maximum absolute atomic E-state index is 12.7. The molecule has 0 spiro atoms. The second-order valence-electron chi connectivity index (χ2n) is 17.3. The fraction of sp³-hybridized carbons (Fsp3) is 0.843. The number of phosphoric ester groups is 1. The summed E-state index contributed by atoms with van der Waals surface area (Å²) in [6.45, 7) is 3.90. The molecule has 3 unspecified atom stereocenters. The van der Waals surface area contributed by atoms with Crippen LogP contribution in [0.25, 0.3) is 0 Å². The predicted molar refractivity (Wildman–Crippen MR) is 258 cm³/mol. The molecule has 10 nitrogen and oxygen atoms in total. The predicted octanol–water partition coefficient (Wildman–Crippen LogP) is 14.8. The van der Waals surface area contributed by atoms with E-state index in [1.165, 1.54) is 154 Å². The van der Waals surface area contributed by atoms with Crippen molar-refractivity contribution in [3.8, 4) is 0 Å². The molecule has 364 valence electrons. The standard InChI is InChI=1S/C51H96NO9P/c1-3-5-7-9-11-13-15-17-19-21-22-23-24-25-26-27-29-31-33-35-37-39-41-43-50(53)61-48(46-59-62(56,57)60-47-49(52)51(54)55)45-58-44-42-40-38-36-34-32-30-28-20-18-16-14-12-10-8-6-4-2/h15,17,21-22,24-25,48-49H,3-14,16,18-20,23,26-47,52H2,1-2H3,(H,54,55)(H,56,57)/b17-15-,22-21-,25-24-. The zero-order valence-corrected chi connectivity index (χ0v) is 40.9. The number of carbonyl (C=O) groups excluding carboxylic acids is 1. The lowest BCUT2D eigenvalue weighted by molar-refractivity contribution is -0.154. The minimum atomic E-state index is -4.62. The lowest BCUT2D eigenvalue weighted by atomic mass is 10.0. The number of phosphoric acid groups is 1. The van der Waals surface area contributed by atoms with Gasteiger partial charge < -0.3 is 25.2 Å². The van der Waals surface area contributed by atoms with Crippen LogP contribution >= 0.6 is 7.82 Å². The molecular formula is C51H96NO9P. The smallest absolute Gasteiger partial charge is 0.472 e. The monoisotopic (exact) mass is 898 g/mol. The van der Waals surface area contributed by atoms with E-state index in [-0.39, 0.29) is 13.0 Å². The van der Waals surface area contributed by atoms with Gasteiger partial charge in [0.2, 0.25) is 0 Å². The van der Waals surface area contributed by atoms with Crippen molar-refractivity contribution in [2.24, 2.45) is 5.73 Å². The number of carbonyl (C=O) groups is 2.